The van der Waals surface area contributed by atoms with Crippen molar-refractivity contribution in [3.8, 4) is 11.1 Å². The van der Waals surface area contributed by atoms with E-state index in [1.165, 1.54) is 18.3 Å². The van der Waals surface area contributed by atoms with Gasteiger partial charge in [0, 0.05) is 28.4 Å². The summed E-state index contributed by atoms with van der Waals surface area (Å²) in [5, 5.41) is 2.35. The van der Waals surface area contributed by atoms with Gasteiger partial charge in [0.25, 0.3) is 5.56 Å². The molecule has 0 saturated carbocycles. The number of benzene rings is 1. The standard InChI is InChI=1S/C16H13BrN2O3S/c1-9(20)6-7-19-15(21)13-12(8-23-14(13)18-16(19)22)10-2-4-11(17)5-3-10/h2-5,8H,6-7H2,1H3,(H,18,22). The zero-order valence-electron chi connectivity index (χ0n) is 12.3. The first-order chi connectivity index (χ1) is 11.0. The molecule has 1 N–H and O–H groups in total. The number of H-pyrrole nitrogens is 1. The van der Waals surface area contributed by atoms with Crippen molar-refractivity contribution in [1.82, 2.24) is 9.55 Å². The Morgan fingerprint density at radius 2 is 1.96 bits per heavy atom. The lowest BCUT2D eigenvalue weighted by molar-refractivity contribution is -0.117. The highest BCUT2D eigenvalue weighted by Gasteiger charge is 2.15. The number of hydrogen-bond donors (Lipinski definition) is 1. The monoisotopic (exact) mass is 392 g/mol. The van der Waals surface area contributed by atoms with Crippen LogP contribution < -0.4 is 11.2 Å². The molecular formula is C16H13BrN2O3S. The minimum atomic E-state index is -0.479. The molecule has 0 radical (unpaired) electrons. The number of carbonyl (C=O) groups excluding carboxylic acids is 1. The van der Waals surface area contributed by atoms with Crippen LogP contribution >= 0.6 is 27.3 Å². The van der Waals surface area contributed by atoms with Crippen LogP contribution in [-0.2, 0) is 11.3 Å². The fourth-order valence-electron chi connectivity index (χ4n) is 2.37. The highest BCUT2D eigenvalue weighted by atomic mass is 79.9. The Morgan fingerprint density at radius 1 is 1.26 bits per heavy atom. The fraction of sp³-hybridized carbons (Fsp3) is 0.188. The van der Waals surface area contributed by atoms with Crippen molar-refractivity contribution in [2.75, 3.05) is 0 Å². The molecule has 23 heavy (non-hydrogen) atoms. The third-order valence-electron chi connectivity index (χ3n) is 3.56. The SMILES string of the molecule is CC(=O)CCn1c(=O)[nH]c2scc(-c3ccc(Br)cc3)c2c1=O. The van der Waals surface area contributed by atoms with E-state index in [2.05, 4.69) is 20.9 Å². The Bertz CT molecular complexity index is 999. The molecule has 5 nitrogen and oxygen atoms in total. The smallest absolute Gasteiger partial charge is 0.300 e. The number of halogens is 1. The number of nitrogens with one attached hydrogen (secondary N) is 1. The second-order valence-corrected chi connectivity index (χ2v) is 6.99. The molecule has 0 saturated heterocycles. The average Bonchev–Trinajstić information content (AvgIpc) is 2.91. The molecule has 0 amide bonds. The fourth-order valence-corrected chi connectivity index (χ4v) is 3.58. The van der Waals surface area contributed by atoms with Crippen LogP contribution in [0.15, 0.2) is 43.7 Å². The molecule has 0 unspecified atom stereocenters. The van der Waals surface area contributed by atoms with E-state index < -0.39 is 5.69 Å². The zero-order valence-corrected chi connectivity index (χ0v) is 14.7. The largest absolute Gasteiger partial charge is 0.329 e. The predicted octanol–water partition coefficient (Wildman–Crippen LogP) is 3.16. The van der Waals surface area contributed by atoms with Gasteiger partial charge in [-0.15, -0.1) is 11.3 Å². The van der Waals surface area contributed by atoms with Crippen molar-refractivity contribution in [3.63, 3.8) is 0 Å². The second kappa shape index (κ2) is 6.25. The van der Waals surface area contributed by atoms with Crippen molar-refractivity contribution in [1.29, 1.82) is 0 Å². The summed E-state index contributed by atoms with van der Waals surface area (Å²) in [4.78, 5) is 39.2. The van der Waals surface area contributed by atoms with E-state index in [-0.39, 0.29) is 24.3 Å². The molecule has 0 fully saturated rings. The lowest BCUT2D eigenvalue weighted by Gasteiger charge is -2.05. The number of aromatic amines is 1. The molecule has 2 aromatic heterocycles. The molecule has 0 bridgehead atoms. The topological polar surface area (TPSA) is 71.9 Å². The number of aromatic nitrogens is 2. The van der Waals surface area contributed by atoms with Crippen LogP contribution in [0.4, 0.5) is 0 Å². The van der Waals surface area contributed by atoms with Gasteiger partial charge in [0.2, 0.25) is 0 Å². The van der Waals surface area contributed by atoms with Crippen LogP contribution in [0.3, 0.4) is 0 Å². The number of thiophene rings is 1. The minimum absolute atomic E-state index is 0.0603. The number of Topliss-reactive ketones (excluding diaryl/α,β-unsaturated/α-hetero) is 1. The van der Waals surface area contributed by atoms with Crippen LogP contribution in [0.25, 0.3) is 21.3 Å². The molecule has 3 aromatic rings. The number of nitrogens with zero attached hydrogens (tertiary/aromatic N) is 1. The van der Waals surface area contributed by atoms with E-state index >= 15 is 0 Å². The number of rotatable bonds is 4. The quantitative estimate of drug-likeness (QED) is 0.740. The minimum Gasteiger partial charge on any atom is -0.300 e. The molecule has 3 rings (SSSR count). The third-order valence-corrected chi connectivity index (χ3v) is 4.98. The van der Waals surface area contributed by atoms with E-state index in [1.54, 1.807) is 0 Å². The highest BCUT2D eigenvalue weighted by molar-refractivity contribution is 9.10. The Morgan fingerprint density at radius 3 is 2.61 bits per heavy atom. The van der Waals surface area contributed by atoms with Crippen LogP contribution in [0.1, 0.15) is 13.3 Å². The van der Waals surface area contributed by atoms with Gasteiger partial charge in [0.15, 0.2) is 0 Å². The summed E-state index contributed by atoms with van der Waals surface area (Å²) in [5.74, 6) is -0.0603. The summed E-state index contributed by atoms with van der Waals surface area (Å²) in [6.07, 6.45) is 0.159. The summed E-state index contributed by atoms with van der Waals surface area (Å²) in [5.41, 5.74) is 0.856. The van der Waals surface area contributed by atoms with E-state index in [0.717, 1.165) is 20.2 Å². The molecule has 0 aliphatic carbocycles. The Balaban J connectivity index is 2.20. The predicted molar refractivity (Wildman–Crippen MR) is 95.1 cm³/mol. The number of fused-ring (bicyclic) bond motifs is 1. The number of carbonyl (C=O) groups is 1. The van der Waals surface area contributed by atoms with E-state index in [0.29, 0.717) is 10.2 Å². The molecule has 0 atom stereocenters. The van der Waals surface area contributed by atoms with Gasteiger partial charge in [-0.25, -0.2) is 4.79 Å². The summed E-state index contributed by atoms with van der Waals surface area (Å²) < 4.78 is 2.05. The maximum absolute atomic E-state index is 12.7. The molecule has 118 valence electrons. The maximum atomic E-state index is 12.7. The van der Waals surface area contributed by atoms with Gasteiger partial charge in [-0.1, -0.05) is 28.1 Å². The molecule has 7 heteroatoms. The summed E-state index contributed by atoms with van der Waals surface area (Å²) in [6, 6.07) is 7.63. The molecule has 0 spiro atoms. The second-order valence-electron chi connectivity index (χ2n) is 5.20. The molecule has 1 aromatic carbocycles. The van der Waals surface area contributed by atoms with Gasteiger partial charge in [-0.3, -0.25) is 19.1 Å². The molecule has 0 aliphatic heterocycles. The van der Waals surface area contributed by atoms with Crippen molar-refractivity contribution < 1.29 is 4.79 Å². The average molecular weight is 393 g/mol. The van der Waals surface area contributed by atoms with Gasteiger partial charge < -0.3 is 0 Å². The number of hydrogen-bond acceptors (Lipinski definition) is 4. The third kappa shape index (κ3) is 3.07. The van der Waals surface area contributed by atoms with Crippen LogP contribution in [0.5, 0.6) is 0 Å². The van der Waals surface area contributed by atoms with Crippen molar-refractivity contribution >= 4 is 43.3 Å². The molecule has 0 aliphatic rings. The highest BCUT2D eigenvalue weighted by Crippen LogP contribution is 2.30. The first-order valence-corrected chi connectivity index (χ1v) is 8.64. The molecule has 2 heterocycles. The normalized spacial score (nSPS) is 11.0. The van der Waals surface area contributed by atoms with Gasteiger partial charge >= 0.3 is 5.69 Å². The van der Waals surface area contributed by atoms with E-state index in [4.69, 9.17) is 0 Å². The van der Waals surface area contributed by atoms with Gasteiger partial charge in [-0.05, 0) is 24.6 Å². The van der Waals surface area contributed by atoms with Gasteiger partial charge in [0.1, 0.15) is 10.6 Å². The van der Waals surface area contributed by atoms with Crippen molar-refractivity contribution in [3.05, 3.63) is 55.0 Å². The summed E-state index contributed by atoms with van der Waals surface area (Å²) in [6.45, 7) is 1.53. The lowest BCUT2D eigenvalue weighted by Crippen LogP contribution is -2.35. The molecular weight excluding hydrogens is 380 g/mol. The summed E-state index contributed by atoms with van der Waals surface area (Å²) in [7, 11) is 0. The van der Waals surface area contributed by atoms with Gasteiger partial charge in [0.05, 0.1) is 5.39 Å². The Hall–Kier alpha value is -1.99. The van der Waals surface area contributed by atoms with Crippen molar-refractivity contribution in [2.24, 2.45) is 0 Å². The number of ketones is 1. The van der Waals surface area contributed by atoms with E-state index in [9.17, 15) is 14.4 Å². The van der Waals surface area contributed by atoms with Crippen molar-refractivity contribution in [2.45, 2.75) is 19.9 Å². The van der Waals surface area contributed by atoms with Crippen LogP contribution in [-0.4, -0.2) is 15.3 Å². The Labute approximate surface area is 143 Å². The summed E-state index contributed by atoms with van der Waals surface area (Å²) >= 11 is 4.71. The van der Waals surface area contributed by atoms with Crippen LogP contribution in [0, 0.1) is 0 Å². The van der Waals surface area contributed by atoms with Crippen LogP contribution in [0.2, 0.25) is 0 Å². The first kappa shape index (κ1) is 15.9. The maximum Gasteiger partial charge on any atom is 0.329 e. The zero-order chi connectivity index (χ0) is 16.6. The Kier molecular flexibility index (Phi) is 4.32. The van der Waals surface area contributed by atoms with Gasteiger partial charge in [-0.2, -0.15) is 0 Å². The van der Waals surface area contributed by atoms with E-state index in [1.807, 2.05) is 29.6 Å². The first-order valence-electron chi connectivity index (χ1n) is 6.97. The lowest BCUT2D eigenvalue weighted by atomic mass is 10.1.